The Kier molecular flexibility index (Phi) is 4.40. The molecule has 2 aromatic heterocycles. The Labute approximate surface area is 153 Å². The summed E-state index contributed by atoms with van der Waals surface area (Å²) in [5.74, 6) is 1.08. The number of fused-ring (bicyclic) bond motifs is 3. The molecular weight excluding hydrogens is 332 g/mol. The highest BCUT2D eigenvalue weighted by molar-refractivity contribution is 7.19. The Morgan fingerprint density at radius 3 is 2.80 bits per heavy atom. The lowest BCUT2D eigenvalue weighted by Crippen LogP contribution is -2.46. The highest BCUT2D eigenvalue weighted by atomic mass is 32.1. The number of pyridine rings is 1. The molecule has 2 aromatic rings. The van der Waals surface area contributed by atoms with Crippen molar-refractivity contribution in [3.05, 3.63) is 22.7 Å². The predicted molar refractivity (Wildman–Crippen MR) is 101 cm³/mol. The normalized spacial score (nSPS) is 27.5. The van der Waals surface area contributed by atoms with E-state index in [1.807, 2.05) is 17.5 Å². The molecule has 2 fully saturated rings. The van der Waals surface area contributed by atoms with Gasteiger partial charge in [0.25, 0.3) is 0 Å². The molecule has 1 aliphatic heterocycles. The fourth-order valence-electron chi connectivity index (χ4n) is 4.74. The first-order valence-corrected chi connectivity index (χ1v) is 10.6. The maximum absolute atomic E-state index is 6.51. The number of aromatic nitrogens is 1. The minimum Gasteiger partial charge on any atom is -0.490 e. The van der Waals surface area contributed by atoms with E-state index in [-0.39, 0.29) is 0 Å². The molecule has 0 radical (unpaired) electrons. The molecule has 5 heteroatoms. The molecule has 3 heterocycles. The molecule has 2 aliphatic carbocycles. The number of thiophene rings is 1. The van der Waals surface area contributed by atoms with Crippen molar-refractivity contribution in [1.29, 1.82) is 0 Å². The van der Waals surface area contributed by atoms with Crippen LogP contribution in [0.2, 0.25) is 0 Å². The lowest BCUT2D eigenvalue weighted by molar-refractivity contribution is -0.000918. The van der Waals surface area contributed by atoms with E-state index in [1.165, 1.54) is 52.8 Å². The average molecular weight is 359 g/mol. The third kappa shape index (κ3) is 3.07. The molecule has 1 saturated heterocycles. The van der Waals surface area contributed by atoms with Crippen molar-refractivity contribution in [3.8, 4) is 5.75 Å². The molecule has 0 bridgehead atoms. The number of rotatable bonds is 3. The lowest BCUT2D eigenvalue weighted by Gasteiger charge is -2.38. The topological polar surface area (TPSA) is 34.6 Å². The predicted octanol–water partition coefficient (Wildman–Crippen LogP) is 3.81. The van der Waals surface area contributed by atoms with Crippen LogP contribution in [0.25, 0.3) is 10.2 Å². The van der Waals surface area contributed by atoms with Gasteiger partial charge in [0, 0.05) is 30.2 Å². The summed E-state index contributed by atoms with van der Waals surface area (Å²) in [6, 6.07) is 2.81. The highest BCUT2D eigenvalue weighted by Crippen LogP contribution is 2.41. The zero-order chi connectivity index (χ0) is 16.6. The van der Waals surface area contributed by atoms with Crippen molar-refractivity contribution >= 4 is 21.6 Å². The number of morpholine rings is 1. The van der Waals surface area contributed by atoms with Crippen LogP contribution in [-0.4, -0.2) is 48.3 Å². The van der Waals surface area contributed by atoms with Gasteiger partial charge in [-0.1, -0.05) is 0 Å². The van der Waals surface area contributed by atoms with E-state index in [1.54, 1.807) is 0 Å². The molecule has 0 atom stereocenters. The van der Waals surface area contributed by atoms with E-state index in [0.717, 1.165) is 50.9 Å². The van der Waals surface area contributed by atoms with Gasteiger partial charge in [-0.15, -0.1) is 11.3 Å². The number of aryl methyl sites for hydroxylation is 2. The van der Waals surface area contributed by atoms with E-state index in [2.05, 4.69) is 16.0 Å². The summed E-state index contributed by atoms with van der Waals surface area (Å²) in [6.07, 6.45) is 10.8. The zero-order valence-corrected chi connectivity index (χ0v) is 15.5. The van der Waals surface area contributed by atoms with Crippen LogP contribution in [0, 0.1) is 0 Å². The van der Waals surface area contributed by atoms with E-state index in [4.69, 9.17) is 9.47 Å². The Balaban J connectivity index is 1.28. The van der Waals surface area contributed by atoms with E-state index >= 15 is 0 Å². The van der Waals surface area contributed by atoms with Crippen molar-refractivity contribution in [2.75, 3.05) is 26.3 Å². The van der Waals surface area contributed by atoms with Gasteiger partial charge in [0.05, 0.1) is 24.7 Å². The van der Waals surface area contributed by atoms with Crippen LogP contribution >= 0.6 is 11.3 Å². The maximum Gasteiger partial charge on any atom is 0.131 e. The second kappa shape index (κ2) is 6.86. The first-order chi connectivity index (χ1) is 12.4. The number of nitrogens with zero attached hydrogens (tertiary/aromatic N) is 2. The molecule has 5 rings (SSSR count). The largest absolute Gasteiger partial charge is 0.490 e. The summed E-state index contributed by atoms with van der Waals surface area (Å²) in [4.78, 5) is 9.92. The second-order valence-electron chi connectivity index (χ2n) is 7.54. The van der Waals surface area contributed by atoms with E-state index in [9.17, 15) is 0 Å². The molecule has 134 valence electrons. The lowest BCUT2D eigenvalue weighted by atomic mass is 9.91. The van der Waals surface area contributed by atoms with Crippen LogP contribution in [0.15, 0.2) is 12.3 Å². The minimum absolute atomic E-state index is 0.361. The van der Waals surface area contributed by atoms with Crippen LogP contribution in [0.4, 0.5) is 0 Å². The van der Waals surface area contributed by atoms with Crippen LogP contribution in [0.3, 0.4) is 0 Å². The maximum atomic E-state index is 6.51. The fourth-order valence-corrected chi connectivity index (χ4v) is 5.99. The molecule has 0 amide bonds. The number of hydrogen-bond donors (Lipinski definition) is 0. The Hall–Kier alpha value is -1.17. The van der Waals surface area contributed by atoms with Gasteiger partial charge in [0.2, 0.25) is 0 Å². The SMILES string of the molecule is c1cc(OC2CCC(N3CCOCC3)CC2)c2c3c(sc2n1)CCC3. The van der Waals surface area contributed by atoms with Gasteiger partial charge in [-0.05, 0) is 56.6 Å². The highest BCUT2D eigenvalue weighted by Gasteiger charge is 2.29. The first kappa shape index (κ1) is 16.0. The number of hydrogen-bond acceptors (Lipinski definition) is 5. The van der Waals surface area contributed by atoms with E-state index < -0.39 is 0 Å². The molecule has 25 heavy (non-hydrogen) atoms. The van der Waals surface area contributed by atoms with Crippen molar-refractivity contribution in [3.63, 3.8) is 0 Å². The van der Waals surface area contributed by atoms with Gasteiger partial charge in [-0.3, -0.25) is 4.90 Å². The monoisotopic (exact) mass is 358 g/mol. The summed E-state index contributed by atoms with van der Waals surface area (Å²) in [7, 11) is 0. The summed E-state index contributed by atoms with van der Waals surface area (Å²) >= 11 is 1.87. The van der Waals surface area contributed by atoms with Gasteiger partial charge in [-0.25, -0.2) is 4.98 Å². The van der Waals surface area contributed by atoms with Gasteiger partial charge in [0.15, 0.2) is 0 Å². The second-order valence-corrected chi connectivity index (χ2v) is 8.63. The minimum atomic E-state index is 0.361. The third-order valence-corrected chi connectivity index (χ3v) is 7.27. The van der Waals surface area contributed by atoms with Crippen molar-refractivity contribution in [1.82, 2.24) is 9.88 Å². The quantitative estimate of drug-likeness (QED) is 0.836. The molecule has 1 saturated carbocycles. The molecule has 0 aromatic carbocycles. The Bertz CT molecular complexity index is 745. The van der Waals surface area contributed by atoms with Gasteiger partial charge in [-0.2, -0.15) is 0 Å². The molecule has 3 aliphatic rings. The smallest absolute Gasteiger partial charge is 0.131 e. The molecule has 0 spiro atoms. The van der Waals surface area contributed by atoms with E-state index in [0.29, 0.717) is 6.10 Å². The van der Waals surface area contributed by atoms with Crippen LogP contribution < -0.4 is 4.74 Å². The van der Waals surface area contributed by atoms with Gasteiger partial charge in [0.1, 0.15) is 10.6 Å². The molecule has 4 nitrogen and oxygen atoms in total. The molecule has 0 N–H and O–H groups in total. The average Bonchev–Trinajstić information content (AvgIpc) is 3.24. The summed E-state index contributed by atoms with van der Waals surface area (Å²) in [5.41, 5.74) is 1.52. The van der Waals surface area contributed by atoms with Crippen LogP contribution in [-0.2, 0) is 17.6 Å². The molecule has 0 unspecified atom stereocenters. The standard InChI is InChI=1S/C20H26N2O2S/c1-2-16-18(3-1)25-20-19(16)17(8-9-21-20)24-15-6-4-14(5-7-15)22-10-12-23-13-11-22/h8-9,14-15H,1-7,10-13H2. The molecular formula is C20H26N2O2S. The number of ether oxygens (including phenoxy) is 2. The van der Waals surface area contributed by atoms with Crippen molar-refractivity contribution < 1.29 is 9.47 Å². The first-order valence-electron chi connectivity index (χ1n) is 9.76. The Morgan fingerprint density at radius 1 is 1.12 bits per heavy atom. The summed E-state index contributed by atoms with van der Waals surface area (Å²) in [6.45, 7) is 3.99. The van der Waals surface area contributed by atoms with Crippen LogP contribution in [0.1, 0.15) is 42.5 Å². The summed E-state index contributed by atoms with van der Waals surface area (Å²) in [5, 5.41) is 1.32. The van der Waals surface area contributed by atoms with Crippen molar-refractivity contribution in [2.45, 2.75) is 57.1 Å². The fraction of sp³-hybridized carbons (Fsp3) is 0.650. The van der Waals surface area contributed by atoms with Gasteiger partial charge >= 0.3 is 0 Å². The Morgan fingerprint density at radius 2 is 1.96 bits per heavy atom. The third-order valence-electron chi connectivity index (χ3n) is 6.07. The summed E-state index contributed by atoms with van der Waals surface area (Å²) < 4.78 is 12.0. The van der Waals surface area contributed by atoms with Gasteiger partial charge < -0.3 is 9.47 Å². The zero-order valence-electron chi connectivity index (χ0n) is 14.7. The van der Waals surface area contributed by atoms with Crippen molar-refractivity contribution in [2.24, 2.45) is 0 Å². The van der Waals surface area contributed by atoms with Crippen LogP contribution in [0.5, 0.6) is 5.75 Å².